The van der Waals surface area contributed by atoms with Crippen molar-refractivity contribution in [2.45, 2.75) is 6.42 Å². The van der Waals surface area contributed by atoms with Crippen LogP contribution in [0.2, 0.25) is 0 Å². The highest BCUT2D eigenvalue weighted by Gasteiger charge is 1.86. The summed E-state index contributed by atoms with van der Waals surface area (Å²) < 4.78 is 0. The van der Waals surface area contributed by atoms with Crippen LogP contribution in [0.5, 0.6) is 0 Å². The smallest absolute Gasteiger partial charge is 0.104 e. The number of aliphatic imine (C=N–C) groups is 2. The summed E-state index contributed by atoms with van der Waals surface area (Å²) in [6.07, 6.45) is 5.86. The number of hydrogen-bond donors (Lipinski definition) is 0. The zero-order chi connectivity index (χ0) is 8.53. The van der Waals surface area contributed by atoms with E-state index in [-0.39, 0.29) is 0 Å². The molecule has 0 saturated heterocycles. The van der Waals surface area contributed by atoms with Crippen LogP contribution in [0.4, 0.5) is 0 Å². The molecule has 0 unspecified atom stereocenters. The standard InChI is InChI=1S/C8H13N3/c1-4-9-8-10-6-5-7-11(2)3/h1H,5-7H2,2-3H3. The second-order valence-corrected chi connectivity index (χ2v) is 2.38. The molecule has 0 spiro atoms. The number of rotatable bonds is 4. The summed E-state index contributed by atoms with van der Waals surface area (Å²) in [6, 6.07) is 4.48. The van der Waals surface area contributed by atoms with Crippen LogP contribution < -0.4 is 0 Å². The SMILES string of the molecule is C#CN=C=NCCCN(C)C. The molecule has 60 valence electrons. The molecule has 0 rings (SSSR count). The van der Waals surface area contributed by atoms with E-state index >= 15 is 0 Å². The van der Waals surface area contributed by atoms with Crippen molar-refractivity contribution in [1.29, 1.82) is 0 Å². The lowest BCUT2D eigenvalue weighted by atomic mass is 10.4. The topological polar surface area (TPSA) is 28.0 Å². The summed E-state index contributed by atoms with van der Waals surface area (Å²) in [5, 5.41) is 0. The van der Waals surface area contributed by atoms with Gasteiger partial charge in [0.25, 0.3) is 0 Å². The number of hydrogen-bond acceptors (Lipinski definition) is 3. The summed E-state index contributed by atoms with van der Waals surface area (Å²) in [4.78, 5) is 9.34. The van der Waals surface area contributed by atoms with E-state index in [9.17, 15) is 0 Å². The third-order valence-electron chi connectivity index (χ3n) is 1.06. The molecular weight excluding hydrogens is 138 g/mol. The van der Waals surface area contributed by atoms with Gasteiger partial charge in [0.2, 0.25) is 0 Å². The molecule has 0 radical (unpaired) electrons. The van der Waals surface area contributed by atoms with Crippen LogP contribution in [0.3, 0.4) is 0 Å². The highest BCUT2D eigenvalue weighted by molar-refractivity contribution is 5.43. The number of terminal acetylenes is 1. The Morgan fingerprint density at radius 3 is 2.73 bits per heavy atom. The van der Waals surface area contributed by atoms with Crippen molar-refractivity contribution in [3.8, 4) is 12.5 Å². The van der Waals surface area contributed by atoms with E-state index in [2.05, 4.69) is 26.9 Å². The van der Waals surface area contributed by atoms with Crippen molar-refractivity contribution in [1.82, 2.24) is 4.90 Å². The van der Waals surface area contributed by atoms with Gasteiger partial charge in [0.15, 0.2) is 0 Å². The van der Waals surface area contributed by atoms with Gasteiger partial charge in [-0.25, -0.2) is 4.99 Å². The first-order valence-corrected chi connectivity index (χ1v) is 3.49. The molecule has 0 aromatic heterocycles. The van der Waals surface area contributed by atoms with Crippen molar-refractivity contribution in [2.75, 3.05) is 27.2 Å². The largest absolute Gasteiger partial charge is 0.309 e. The molecule has 0 aliphatic rings. The predicted octanol–water partition coefficient (Wildman–Crippen LogP) is 0.703. The van der Waals surface area contributed by atoms with E-state index in [1.54, 1.807) is 0 Å². The molecule has 3 nitrogen and oxygen atoms in total. The van der Waals surface area contributed by atoms with Gasteiger partial charge in [0.05, 0.1) is 6.54 Å². The summed E-state index contributed by atoms with van der Waals surface area (Å²) in [5.41, 5.74) is 0. The predicted molar refractivity (Wildman–Crippen MR) is 46.7 cm³/mol. The van der Waals surface area contributed by atoms with Gasteiger partial charge in [-0.05, 0) is 27.1 Å². The molecule has 0 saturated carbocycles. The van der Waals surface area contributed by atoms with Crippen molar-refractivity contribution >= 4 is 6.01 Å². The van der Waals surface area contributed by atoms with Gasteiger partial charge in [-0.3, -0.25) is 0 Å². The maximum atomic E-state index is 4.84. The van der Waals surface area contributed by atoms with E-state index in [0.717, 1.165) is 19.5 Å². The lowest BCUT2D eigenvalue weighted by Crippen LogP contribution is -2.13. The van der Waals surface area contributed by atoms with Crippen LogP contribution in [-0.4, -0.2) is 38.1 Å². The molecule has 0 aliphatic heterocycles. The van der Waals surface area contributed by atoms with E-state index in [4.69, 9.17) is 6.42 Å². The minimum Gasteiger partial charge on any atom is -0.309 e. The molecule has 0 amide bonds. The van der Waals surface area contributed by atoms with E-state index < -0.39 is 0 Å². The molecule has 0 aliphatic carbocycles. The molecule has 0 heterocycles. The summed E-state index contributed by atoms with van der Waals surface area (Å²) in [6.45, 7) is 1.77. The van der Waals surface area contributed by atoms with Crippen LogP contribution in [-0.2, 0) is 0 Å². The first-order chi connectivity index (χ1) is 5.27. The molecular formula is C8H13N3. The highest BCUT2D eigenvalue weighted by Crippen LogP contribution is 1.82. The molecule has 11 heavy (non-hydrogen) atoms. The van der Waals surface area contributed by atoms with Gasteiger partial charge in [-0.15, -0.1) is 4.99 Å². The van der Waals surface area contributed by atoms with Gasteiger partial charge in [0, 0.05) is 6.04 Å². The lowest BCUT2D eigenvalue weighted by Gasteiger charge is -2.05. The third-order valence-corrected chi connectivity index (χ3v) is 1.06. The fourth-order valence-electron chi connectivity index (χ4n) is 0.580. The maximum absolute atomic E-state index is 4.84. The van der Waals surface area contributed by atoms with Gasteiger partial charge >= 0.3 is 0 Å². The third kappa shape index (κ3) is 8.90. The summed E-state index contributed by atoms with van der Waals surface area (Å²) >= 11 is 0. The Balaban J connectivity index is 3.29. The Morgan fingerprint density at radius 1 is 1.45 bits per heavy atom. The Labute approximate surface area is 67.8 Å². The zero-order valence-electron chi connectivity index (χ0n) is 7.04. The fourth-order valence-corrected chi connectivity index (χ4v) is 0.580. The summed E-state index contributed by atoms with van der Waals surface area (Å²) in [7, 11) is 4.05. The van der Waals surface area contributed by atoms with E-state index in [1.165, 1.54) is 0 Å². The normalized spacial score (nSPS) is 8.55. The molecule has 0 bridgehead atoms. The van der Waals surface area contributed by atoms with Gasteiger partial charge in [0.1, 0.15) is 6.01 Å². The molecule has 0 fully saturated rings. The quantitative estimate of drug-likeness (QED) is 0.330. The Kier molecular flexibility index (Phi) is 6.31. The van der Waals surface area contributed by atoms with Gasteiger partial charge in [-0.1, -0.05) is 6.42 Å². The molecule has 0 aromatic carbocycles. The minimum absolute atomic E-state index is 0.739. The van der Waals surface area contributed by atoms with E-state index in [0.29, 0.717) is 0 Å². The maximum Gasteiger partial charge on any atom is 0.104 e. The lowest BCUT2D eigenvalue weighted by molar-refractivity contribution is 0.403. The van der Waals surface area contributed by atoms with Crippen molar-refractivity contribution in [2.24, 2.45) is 9.98 Å². The average molecular weight is 151 g/mol. The van der Waals surface area contributed by atoms with Crippen LogP contribution in [0.1, 0.15) is 6.42 Å². The minimum atomic E-state index is 0.739. The molecule has 0 aromatic rings. The Bertz CT molecular complexity index is 182. The van der Waals surface area contributed by atoms with Gasteiger partial charge in [-0.2, -0.15) is 0 Å². The van der Waals surface area contributed by atoms with Crippen molar-refractivity contribution in [3.63, 3.8) is 0 Å². The Morgan fingerprint density at radius 2 is 2.18 bits per heavy atom. The molecule has 0 N–H and O–H groups in total. The van der Waals surface area contributed by atoms with Crippen LogP contribution >= 0.6 is 0 Å². The van der Waals surface area contributed by atoms with Crippen LogP contribution in [0, 0.1) is 12.5 Å². The zero-order valence-corrected chi connectivity index (χ0v) is 7.04. The highest BCUT2D eigenvalue weighted by atomic mass is 15.0. The first-order valence-electron chi connectivity index (χ1n) is 3.49. The van der Waals surface area contributed by atoms with Crippen LogP contribution in [0.25, 0.3) is 0 Å². The second-order valence-electron chi connectivity index (χ2n) is 2.38. The second kappa shape index (κ2) is 7.01. The monoisotopic (exact) mass is 151 g/mol. The Hall–Kier alpha value is -1.10. The first kappa shape index (κ1) is 9.90. The van der Waals surface area contributed by atoms with Crippen molar-refractivity contribution < 1.29 is 0 Å². The molecule has 0 atom stereocenters. The van der Waals surface area contributed by atoms with E-state index in [1.807, 2.05) is 14.1 Å². The summed E-state index contributed by atoms with van der Waals surface area (Å²) in [5.74, 6) is 0. The fraction of sp³-hybridized carbons (Fsp3) is 0.625. The molecule has 3 heteroatoms. The number of nitrogens with zero attached hydrogens (tertiary/aromatic N) is 3. The van der Waals surface area contributed by atoms with Crippen molar-refractivity contribution in [3.05, 3.63) is 0 Å². The van der Waals surface area contributed by atoms with Gasteiger partial charge < -0.3 is 4.90 Å². The van der Waals surface area contributed by atoms with Crippen LogP contribution in [0.15, 0.2) is 9.98 Å². The average Bonchev–Trinajstić information content (AvgIpc) is 1.96.